The number of piperidine rings is 1. The number of hydrogen-bond donors (Lipinski definition) is 0. The maximum Gasteiger partial charge on any atom is 0.218 e. The molecule has 88 valence electrons. The molecule has 0 saturated carbocycles. The SMILES string of the molecule is COc1cc(N2CCC(Cl)C(C)C2)ncn1. The Labute approximate surface area is 101 Å². The third-order valence-corrected chi connectivity index (χ3v) is 3.61. The summed E-state index contributed by atoms with van der Waals surface area (Å²) in [6.07, 6.45) is 2.53. The third kappa shape index (κ3) is 2.38. The van der Waals surface area contributed by atoms with Crippen molar-refractivity contribution in [3.63, 3.8) is 0 Å². The van der Waals surface area contributed by atoms with Gasteiger partial charge in [-0.15, -0.1) is 11.6 Å². The van der Waals surface area contributed by atoms with E-state index in [1.54, 1.807) is 7.11 Å². The van der Waals surface area contributed by atoms with Gasteiger partial charge < -0.3 is 9.64 Å². The van der Waals surface area contributed by atoms with Crippen molar-refractivity contribution in [2.24, 2.45) is 5.92 Å². The van der Waals surface area contributed by atoms with E-state index < -0.39 is 0 Å². The Morgan fingerprint density at radius 3 is 3.00 bits per heavy atom. The zero-order valence-corrected chi connectivity index (χ0v) is 10.3. The number of nitrogens with zero attached hydrogens (tertiary/aromatic N) is 3. The number of rotatable bonds is 2. The molecule has 1 fully saturated rings. The predicted octanol–water partition coefficient (Wildman–Crippen LogP) is 1.94. The summed E-state index contributed by atoms with van der Waals surface area (Å²) < 4.78 is 5.09. The van der Waals surface area contributed by atoms with Crippen molar-refractivity contribution in [1.82, 2.24) is 9.97 Å². The van der Waals surface area contributed by atoms with E-state index in [1.807, 2.05) is 6.07 Å². The van der Waals surface area contributed by atoms with Crippen molar-refractivity contribution in [2.75, 3.05) is 25.1 Å². The van der Waals surface area contributed by atoms with Crippen molar-refractivity contribution in [1.29, 1.82) is 0 Å². The van der Waals surface area contributed by atoms with Crippen LogP contribution in [0.4, 0.5) is 5.82 Å². The van der Waals surface area contributed by atoms with Gasteiger partial charge in [-0.05, 0) is 12.3 Å². The van der Waals surface area contributed by atoms with E-state index in [0.29, 0.717) is 11.8 Å². The monoisotopic (exact) mass is 241 g/mol. The molecular formula is C11H16ClN3O. The van der Waals surface area contributed by atoms with Gasteiger partial charge in [0.05, 0.1) is 7.11 Å². The maximum absolute atomic E-state index is 6.19. The van der Waals surface area contributed by atoms with E-state index >= 15 is 0 Å². The summed E-state index contributed by atoms with van der Waals surface area (Å²) >= 11 is 6.19. The first-order valence-corrected chi connectivity index (χ1v) is 5.89. The third-order valence-electron chi connectivity index (χ3n) is 2.96. The Hall–Kier alpha value is -1.03. The highest BCUT2D eigenvalue weighted by molar-refractivity contribution is 6.20. The molecule has 1 aromatic rings. The predicted molar refractivity (Wildman–Crippen MR) is 64.2 cm³/mol. The molecule has 1 aliphatic rings. The zero-order chi connectivity index (χ0) is 11.5. The Morgan fingerprint density at radius 1 is 1.50 bits per heavy atom. The van der Waals surface area contributed by atoms with E-state index in [-0.39, 0.29) is 5.38 Å². The molecular weight excluding hydrogens is 226 g/mol. The Kier molecular flexibility index (Phi) is 3.49. The molecule has 2 rings (SSSR count). The minimum atomic E-state index is 0.278. The molecule has 1 aromatic heterocycles. The fourth-order valence-electron chi connectivity index (χ4n) is 1.94. The summed E-state index contributed by atoms with van der Waals surface area (Å²) in [5, 5.41) is 0.278. The van der Waals surface area contributed by atoms with Crippen molar-refractivity contribution in [2.45, 2.75) is 18.7 Å². The van der Waals surface area contributed by atoms with E-state index in [9.17, 15) is 0 Å². The number of alkyl halides is 1. The molecule has 2 heterocycles. The van der Waals surface area contributed by atoms with Crippen LogP contribution in [0, 0.1) is 5.92 Å². The normalized spacial score (nSPS) is 25.6. The molecule has 5 heteroatoms. The van der Waals surface area contributed by atoms with Gasteiger partial charge in [-0.25, -0.2) is 9.97 Å². The molecule has 1 aliphatic heterocycles. The van der Waals surface area contributed by atoms with Crippen LogP contribution in [0.1, 0.15) is 13.3 Å². The van der Waals surface area contributed by atoms with Crippen LogP contribution in [0.3, 0.4) is 0 Å². The summed E-state index contributed by atoms with van der Waals surface area (Å²) in [7, 11) is 1.61. The number of anilines is 1. The lowest BCUT2D eigenvalue weighted by molar-refractivity contribution is 0.395. The largest absolute Gasteiger partial charge is 0.481 e. The van der Waals surface area contributed by atoms with Crippen molar-refractivity contribution in [3.8, 4) is 5.88 Å². The second-order valence-corrected chi connectivity index (χ2v) is 4.71. The molecule has 0 spiro atoms. The Bertz CT molecular complexity index is 361. The molecule has 2 unspecified atom stereocenters. The second kappa shape index (κ2) is 4.87. The van der Waals surface area contributed by atoms with Gasteiger partial charge in [-0.3, -0.25) is 0 Å². The van der Waals surface area contributed by atoms with Gasteiger partial charge in [0.2, 0.25) is 5.88 Å². The first-order chi connectivity index (χ1) is 7.70. The first kappa shape index (κ1) is 11.5. The van der Waals surface area contributed by atoms with Gasteiger partial charge >= 0.3 is 0 Å². The van der Waals surface area contributed by atoms with Gasteiger partial charge in [-0.1, -0.05) is 6.92 Å². The van der Waals surface area contributed by atoms with Crippen molar-refractivity contribution in [3.05, 3.63) is 12.4 Å². The van der Waals surface area contributed by atoms with Crippen LogP contribution in [0.25, 0.3) is 0 Å². The second-order valence-electron chi connectivity index (χ2n) is 4.15. The highest BCUT2D eigenvalue weighted by Crippen LogP contribution is 2.26. The van der Waals surface area contributed by atoms with E-state index in [1.165, 1.54) is 6.33 Å². The molecule has 0 aromatic carbocycles. The van der Waals surface area contributed by atoms with E-state index in [0.717, 1.165) is 25.3 Å². The number of aromatic nitrogens is 2. The highest BCUT2D eigenvalue weighted by atomic mass is 35.5. The quantitative estimate of drug-likeness (QED) is 0.742. The van der Waals surface area contributed by atoms with E-state index in [2.05, 4.69) is 21.8 Å². The van der Waals surface area contributed by atoms with Crippen LogP contribution >= 0.6 is 11.6 Å². The Balaban J connectivity index is 2.12. The van der Waals surface area contributed by atoms with Crippen LogP contribution in [0.2, 0.25) is 0 Å². The number of ether oxygens (including phenoxy) is 1. The lowest BCUT2D eigenvalue weighted by Crippen LogP contribution is -2.40. The molecule has 16 heavy (non-hydrogen) atoms. The number of halogens is 1. The molecule has 0 amide bonds. The molecule has 0 aliphatic carbocycles. The van der Waals surface area contributed by atoms with Gasteiger partial charge in [-0.2, -0.15) is 0 Å². The summed E-state index contributed by atoms with van der Waals surface area (Å²) in [5.74, 6) is 2.00. The van der Waals surface area contributed by atoms with Crippen molar-refractivity contribution >= 4 is 17.4 Å². The topological polar surface area (TPSA) is 38.2 Å². The summed E-state index contributed by atoms with van der Waals surface area (Å²) in [4.78, 5) is 10.5. The fourth-order valence-corrected chi connectivity index (χ4v) is 2.12. The molecule has 0 radical (unpaired) electrons. The number of hydrogen-bond acceptors (Lipinski definition) is 4. The van der Waals surface area contributed by atoms with Crippen LogP contribution in [-0.4, -0.2) is 35.5 Å². The van der Waals surface area contributed by atoms with Crippen LogP contribution < -0.4 is 9.64 Å². The lowest BCUT2D eigenvalue weighted by atomic mass is 10.00. The minimum Gasteiger partial charge on any atom is -0.481 e. The average Bonchev–Trinajstić information content (AvgIpc) is 2.33. The molecule has 0 N–H and O–H groups in total. The van der Waals surface area contributed by atoms with Gasteiger partial charge in [0.25, 0.3) is 0 Å². The molecule has 0 bridgehead atoms. The molecule has 4 nitrogen and oxygen atoms in total. The Morgan fingerprint density at radius 2 is 2.31 bits per heavy atom. The fraction of sp³-hybridized carbons (Fsp3) is 0.636. The maximum atomic E-state index is 6.19. The van der Waals surface area contributed by atoms with Crippen LogP contribution in [-0.2, 0) is 0 Å². The van der Waals surface area contributed by atoms with Gasteiger partial charge in [0, 0.05) is 24.5 Å². The highest BCUT2D eigenvalue weighted by Gasteiger charge is 2.25. The first-order valence-electron chi connectivity index (χ1n) is 5.45. The zero-order valence-electron chi connectivity index (χ0n) is 9.56. The van der Waals surface area contributed by atoms with E-state index in [4.69, 9.17) is 16.3 Å². The van der Waals surface area contributed by atoms with Gasteiger partial charge in [0.1, 0.15) is 12.1 Å². The summed E-state index contributed by atoms with van der Waals surface area (Å²) in [5.41, 5.74) is 0. The van der Waals surface area contributed by atoms with Crippen LogP contribution in [0.15, 0.2) is 12.4 Å². The summed E-state index contributed by atoms with van der Waals surface area (Å²) in [6.45, 7) is 4.05. The molecule has 1 saturated heterocycles. The van der Waals surface area contributed by atoms with Gasteiger partial charge in [0.15, 0.2) is 0 Å². The van der Waals surface area contributed by atoms with Crippen molar-refractivity contribution < 1.29 is 4.74 Å². The average molecular weight is 242 g/mol. The standard InChI is InChI=1S/C11H16ClN3O/c1-8-6-15(4-3-9(8)12)10-5-11(16-2)14-7-13-10/h5,7-9H,3-4,6H2,1-2H3. The summed E-state index contributed by atoms with van der Waals surface area (Å²) in [6, 6.07) is 1.86. The molecule has 2 atom stereocenters. The minimum absolute atomic E-state index is 0.278. The smallest absolute Gasteiger partial charge is 0.218 e. The number of methoxy groups -OCH3 is 1. The lowest BCUT2D eigenvalue weighted by Gasteiger charge is -2.34. The van der Waals surface area contributed by atoms with Crippen LogP contribution in [0.5, 0.6) is 5.88 Å².